The van der Waals surface area contributed by atoms with Crippen LogP contribution in [0, 0.1) is 19.8 Å². The molecule has 28 heavy (non-hydrogen) atoms. The van der Waals surface area contributed by atoms with Crippen molar-refractivity contribution in [2.24, 2.45) is 5.92 Å². The van der Waals surface area contributed by atoms with Crippen LogP contribution < -0.4 is 5.32 Å². The predicted octanol–water partition coefficient (Wildman–Crippen LogP) is 3.48. The Kier molecular flexibility index (Phi) is 5.39. The van der Waals surface area contributed by atoms with Crippen molar-refractivity contribution < 1.29 is 9.42 Å². The van der Waals surface area contributed by atoms with Crippen molar-refractivity contribution in [1.29, 1.82) is 0 Å². The van der Waals surface area contributed by atoms with Crippen LogP contribution in [0.4, 0.5) is 0 Å². The lowest BCUT2D eigenvalue weighted by Gasteiger charge is -2.32. The molecular weight excluding hydrogens is 352 g/mol. The second kappa shape index (κ2) is 8.10. The molecule has 0 unspecified atom stereocenters. The number of nitrogens with zero attached hydrogens (tertiary/aromatic N) is 3. The van der Waals surface area contributed by atoms with Crippen molar-refractivity contribution >= 4 is 16.9 Å². The average Bonchev–Trinajstić information content (AvgIpc) is 3.19. The number of aromatic nitrogens is 2. The number of carbonyl (C=O) groups excluding carboxylic acids is 1. The molecule has 1 aromatic heterocycles. The normalized spacial score (nSPS) is 15.8. The number of nitrogens with one attached hydrogen (secondary N) is 1. The lowest BCUT2D eigenvalue weighted by Crippen LogP contribution is -2.38. The van der Waals surface area contributed by atoms with E-state index in [0.717, 1.165) is 66.7 Å². The molecule has 2 aromatic carbocycles. The molecule has 1 aliphatic rings. The smallest absolute Gasteiger partial charge is 0.251 e. The van der Waals surface area contributed by atoms with E-state index < -0.39 is 0 Å². The molecular formula is C22H26N4O2. The van der Waals surface area contributed by atoms with Crippen LogP contribution in [-0.4, -0.2) is 40.8 Å². The summed E-state index contributed by atoms with van der Waals surface area (Å²) in [4.78, 5) is 14.8. The number of benzene rings is 2. The van der Waals surface area contributed by atoms with Gasteiger partial charge in [0, 0.05) is 18.7 Å². The van der Waals surface area contributed by atoms with Gasteiger partial charge in [0.05, 0.1) is 0 Å². The first-order valence-corrected chi connectivity index (χ1v) is 9.88. The maximum absolute atomic E-state index is 12.4. The van der Waals surface area contributed by atoms with Gasteiger partial charge in [-0.3, -0.25) is 9.69 Å². The van der Waals surface area contributed by atoms with E-state index >= 15 is 0 Å². The number of likely N-dealkylation sites (tertiary alicyclic amines) is 1. The molecule has 0 bridgehead atoms. The van der Waals surface area contributed by atoms with Crippen LogP contribution in [0.25, 0.3) is 11.0 Å². The highest BCUT2D eigenvalue weighted by Crippen LogP contribution is 2.21. The van der Waals surface area contributed by atoms with Gasteiger partial charge < -0.3 is 5.32 Å². The fourth-order valence-corrected chi connectivity index (χ4v) is 3.80. The minimum atomic E-state index is 0.0238. The predicted molar refractivity (Wildman–Crippen MR) is 108 cm³/mol. The number of amides is 1. The maximum Gasteiger partial charge on any atom is 0.251 e. The molecule has 3 aromatic rings. The lowest BCUT2D eigenvalue weighted by molar-refractivity contribution is 0.0935. The van der Waals surface area contributed by atoms with Crippen LogP contribution in [0.3, 0.4) is 0 Å². The molecule has 1 aliphatic heterocycles. The van der Waals surface area contributed by atoms with Gasteiger partial charge in [0.1, 0.15) is 11.0 Å². The SMILES string of the molecule is Cc1ccc(C(=O)NCC2CCN(Cc3cccc4nonc34)CC2)cc1C. The third-order valence-electron chi connectivity index (χ3n) is 5.79. The van der Waals surface area contributed by atoms with Crippen LogP contribution in [-0.2, 0) is 6.54 Å². The topological polar surface area (TPSA) is 71.3 Å². The number of rotatable bonds is 5. The van der Waals surface area contributed by atoms with Crippen LogP contribution in [0.5, 0.6) is 0 Å². The molecule has 1 N–H and O–H groups in total. The van der Waals surface area contributed by atoms with Gasteiger partial charge in [-0.2, -0.15) is 0 Å². The van der Waals surface area contributed by atoms with Crippen LogP contribution in [0.15, 0.2) is 41.0 Å². The molecule has 0 atom stereocenters. The highest BCUT2D eigenvalue weighted by molar-refractivity contribution is 5.94. The van der Waals surface area contributed by atoms with Gasteiger partial charge >= 0.3 is 0 Å². The van der Waals surface area contributed by atoms with E-state index in [-0.39, 0.29) is 5.91 Å². The molecule has 0 saturated carbocycles. The first-order valence-electron chi connectivity index (χ1n) is 9.88. The van der Waals surface area contributed by atoms with E-state index in [9.17, 15) is 4.79 Å². The van der Waals surface area contributed by atoms with Gasteiger partial charge in [0.25, 0.3) is 5.91 Å². The van der Waals surface area contributed by atoms with E-state index in [1.165, 1.54) is 5.56 Å². The van der Waals surface area contributed by atoms with Gasteiger partial charge in [-0.15, -0.1) is 0 Å². The summed E-state index contributed by atoms with van der Waals surface area (Å²) in [5, 5.41) is 11.1. The standard InChI is InChI=1S/C22H26N4O2/c1-15-6-7-18(12-16(15)2)22(27)23-13-17-8-10-26(11-9-17)14-19-4-3-5-20-21(19)25-28-24-20/h3-7,12,17H,8-11,13-14H2,1-2H3,(H,23,27). The first-order chi connectivity index (χ1) is 13.6. The summed E-state index contributed by atoms with van der Waals surface area (Å²) in [6.45, 7) is 7.73. The maximum atomic E-state index is 12.4. The summed E-state index contributed by atoms with van der Waals surface area (Å²) in [6.07, 6.45) is 2.17. The van der Waals surface area contributed by atoms with E-state index in [0.29, 0.717) is 5.92 Å². The molecule has 146 valence electrons. The molecule has 1 amide bonds. The summed E-state index contributed by atoms with van der Waals surface area (Å²) < 4.78 is 4.86. The van der Waals surface area contributed by atoms with Gasteiger partial charge in [-0.05, 0) is 90.9 Å². The lowest BCUT2D eigenvalue weighted by atomic mass is 9.96. The number of fused-ring (bicyclic) bond motifs is 1. The zero-order valence-corrected chi connectivity index (χ0v) is 16.4. The van der Waals surface area contributed by atoms with Gasteiger partial charge in [-0.1, -0.05) is 18.2 Å². The largest absolute Gasteiger partial charge is 0.352 e. The zero-order chi connectivity index (χ0) is 19.5. The van der Waals surface area contributed by atoms with Crippen molar-refractivity contribution in [3.05, 3.63) is 58.7 Å². The average molecular weight is 378 g/mol. The van der Waals surface area contributed by atoms with Crippen molar-refractivity contribution in [3.8, 4) is 0 Å². The number of carbonyl (C=O) groups is 1. The van der Waals surface area contributed by atoms with Crippen LogP contribution >= 0.6 is 0 Å². The van der Waals surface area contributed by atoms with E-state index in [1.54, 1.807) is 0 Å². The van der Waals surface area contributed by atoms with Crippen molar-refractivity contribution in [2.75, 3.05) is 19.6 Å². The van der Waals surface area contributed by atoms with Crippen LogP contribution in [0.1, 0.15) is 39.9 Å². The monoisotopic (exact) mass is 378 g/mol. The first kappa shape index (κ1) is 18.6. The second-order valence-corrected chi connectivity index (χ2v) is 7.78. The fraction of sp³-hybridized carbons (Fsp3) is 0.409. The third-order valence-corrected chi connectivity index (χ3v) is 5.79. The Hall–Kier alpha value is -2.73. The van der Waals surface area contributed by atoms with E-state index in [4.69, 9.17) is 4.63 Å². The number of hydrogen-bond acceptors (Lipinski definition) is 5. The van der Waals surface area contributed by atoms with Crippen molar-refractivity contribution in [3.63, 3.8) is 0 Å². The van der Waals surface area contributed by atoms with Gasteiger partial charge in [0.2, 0.25) is 0 Å². The third kappa shape index (κ3) is 4.07. The number of aryl methyl sites for hydroxylation is 2. The Morgan fingerprint density at radius 3 is 2.75 bits per heavy atom. The zero-order valence-electron chi connectivity index (χ0n) is 16.4. The molecule has 0 aliphatic carbocycles. The van der Waals surface area contributed by atoms with Crippen molar-refractivity contribution in [1.82, 2.24) is 20.5 Å². The molecule has 6 heteroatoms. The summed E-state index contributed by atoms with van der Waals surface area (Å²) in [6, 6.07) is 11.9. The molecule has 2 heterocycles. The quantitative estimate of drug-likeness (QED) is 0.736. The minimum absolute atomic E-state index is 0.0238. The molecule has 4 rings (SSSR count). The number of hydrogen-bond donors (Lipinski definition) is 1. The number of piperidine rings is 1. The Labute approximate surface area is 164 Å². The highest BCUT2D eigenvalue weighted by Gasteiger charge is 2.21. The Morgan fingerprint density at radius 2 is 1.96 bits per heavy atom. The molecule has 0 radical (unpaired) electrons. The molecule has 1 saturated heterocycles. The van der Waals surface area contributed by atoms with Crippen LogP contribution in [0.2, 0.25) is 0 Å². The fourth-order valence-electron chi connectivity index (χ4n) is 3.80. The van der Waals surface area contributed by atoms with Crippen molar-refractivity contribution in [2.45, 2.75) is 33.2 Å². The minimum Gasteiger partial charge on any atom is -0.352 e. The summed E-state index contributed by atoms with van der Waals surface area (Å²) in [5.41, 5.74) is 5.92. The Bertz CT molecular complexity index is 974. The Balaban J connectivity index is 1.27. The summed E-state index contributed by atoms with van der Waals surface area (Å²) in [5.74, 6) is 0.548. The van der Waals surface area contributed by atoms with E-state index in [1.807, 2.05) is 37.3 Å². The molecule has 0 spiro atoms. The summed E-state index contributed by atoms with van der Waals surface area (Å²) >= 11 is 0. The van der Waals surface area contributed by atoms with Gasteiger partial charge in [0.15, 0.2) is 0 Å². The highest BCUT2D eigenvalue weighted by atomic mass is 16.6. The second-order valence-electron chi connectivity index (χ2n) is 7.78. The van der Waals surface area contributed by atoms with E-state index in [2.05, 4.69) is 33.5 Å². The molecule has 6 nitrogen and oxygen atoms in total. The summed E-state index contributed by atoms with van der Waals surface area (Å²) in [7, 11) is 0. The molecule has 1 fully saturated rings. The Morgan fingerprint density at radius 1 is 1.14 bits per heavy atom. The van der Waals surface area contributed by atoms with Gasteiger partial charge in [-0.25, -0.2) is 4.63 Å².